The van der Waals surface area contributed by atoms with E-state index in [1.54, 1.807) is 0 Å². The first kappa shape index (κ1) is 14.9. The van der Waals surface area contributed by atoms with Crippen LogP contribution < -0.4 is 5.32 Å². The summed E-state index contributed by atoms with van der Waals surface area (Å²) in [6.45, 7) is 6.32. The molecule has 0 radical (unpaired) electrons. The van der Waals surface area contributed by atoms with Gasteiger partial charge in [-0.1, -0.05) is 19.1 Å². The molecule has 0 spiro atoms. The van der Waals surface area contributed by atoms with Crippen LogP contribution in [0.1, 0.15) is 38.9 Å². The minimum Gasteiger partial charge on any atom is -0.327 e. The molecule has 2 aromatic rings. The molecule has 3 nitrogen and oxygen atoms in total. The van der Waals surface area contributed by atoms with Gasteiger partial charge in [-0.15, -0.1) is 0 Å². The van der Waals surface area contributed by atoms with E-state index >= 15 is 0 Å². The predicted octanol–water partition coefficient (Wildman–Crippen LogP) is 3.82. The van der Waals surface area contributed by atoms with Crippen LogP contribution in [-0.4, -0.2) is 26.6 Å². The Morgan fingerprint density at radius 3 is 2.95 bits per heavy atom. The van der Waals surface area contributed by atoms with Gasteiger partial charge in [-0.3, -0.25) is 0 Å². The fourth-order valence-electron chi connectivity index (χ4n) is 3.36. The van der Waals surface area contributed by atoms with Crippen LogP contribution in [0.15, 0.2) is 24.3 Å². The topological polar surface area (TPSA) is 29.9 Å². The first-order valence-corrected chi connectivity index (χ1v) is 9.15. The number of hydrogen-bond acceptors (Lipinski definition) is 3. The molecule has 0 aliphatic heterocycles. The summed E-state index contributed by atoms with van der Waals surface area (Å²) in [6, 6.07) is 9.10. The molecule has 21 heavy (non-hydrogen) atoms. The molecule has 1 aromatic heterocycles. The van der Waals surface area contributed by atoms with Crippen LogP contribution in [0.3, 0.4) is 0 Å². The molecule has 1 fully saturated rings. The maximum atomic E-state index is 4.80. The third-order valence-corrected chi connectivity index (χ3v) is 5.62. The van der Waals surface area contributed by atoms with Crippen molar-refractivity contribution in [3.8, 4) is 0 Å². The van der Waals surface area contributed by atoms with E-state index in [2.05, 4.69) is 59.8 Å². The maximum absolute atomic E-state index is 4.80. The molecule has 4 heteroatoms. The molecule has 3 rings (SSSR count). The van der Waals surface area contributed by atoms with Gasteiger partial charge >= 0.3 is 0 Å². The lowest BCUT2D eigenvalue weighted by Gasteiger charge is -2.13. The summed E-state index contributed by atoms with van der Waals surface area (Å²) >= 11 is 2.11. The van der Waals surface area contributed by atoms with Crippen LogP contribution in [0.5, 0.6) is 0 Å². The van der Waals surface area contributed by atoms with Gasteiger partial charge < -0.3 is 9.88 Å². The van der Waals surface area contributed by atoms with Crippen LogP contribution in [0.4, 0.5) is 0 Å². The summed E-state index contributed by atoms with van der Waals surface area (Å²) in [5.41, 5.74) is 2.37. The van der Waals surface area contributed by atoms with Crippen molar-refractivity contribution in [2.45, 2.75) is 57.5 Å². The van der Waals surface area contributed by atoms with Gasteiger partial charge in [0, 0.05) is 17.8 Å². The largest absolute Gasteiger partial charge is 0.327 e. The Kier molecular flexibility index (Phi) is 4.86. The Hall–Kier alpha value is -1.00. The number of hydrogen-bond donors (Lipinski definition) is 1. The number of nitrogens with one attached hydrogen (secondary N) is 1. The molecule has 1 heterocycles. The Labute approximate surface area is 131 Å². The second kappa shape index (κ2) is 6.84. The van der Waals surface area contributed by atoms with E-state index in [4.69, 9.17) is 4.98 Å². The zero-order chi connectivity index (χ0) is 14.7. The van der Waals surface area contributed by atoms with E-state index < -0.39 is 0 Å². The number of benzene rings is 1. The highest BCUT2D eigenvalue weighted by atomic mass is 32.2. The lowest BCUT2D eigenvalue weighted by molar-refractivity contribution is 0.504. The van der Waals surface area contributed by atoms with Gasteiger partial charge in [-0.05, 0) is 44.1 Å². The molecule has 0 bridgehead atoms. The standard InChI is InChI=1S/C17H25N3S/c1-3-20-16-8-6-5-7-15(16)19-17(20)12-18-13-9-10-14(11-13)21-4-2/h5-8,13-14,18H,3-4,9-12H2,1-2H3. The normalized spacial score (nSPS) is 22.2. The number of imidazole rings is 1. The van der Waals surface area contributed by atoms with Crippen molar-refractivity contribution in [2.24, 2.45) is 0 Å². The molecule has 1 aliphatic rings. The second-order valence-corrected chi connectivity index (χ2v) is 7.31. The Bertz CT molecular complexity index is 593. The first-order valence-electron chi connectivity index (χ1n) is 8.11. The lowest BCUT2D eigenvalue weighted by Crippen LogP contribution is -2.27. The zero-order valence-electron chi connectivity index (χ0n) is 13.0. The van der Waals surface area contributed by atoms with Gasteiger partial charge in [0.15, 0.2) is 0 Å². The number of fused-ring (bicyclic) bond motifs is 1. The number of rotatable bonds is 6. The Balaban J connectivity index is 1.66. The van der Waals surface area contributed by atoms with E-state index in [1.165, 1.54) is 36.4 Å². The summed E-state index contributed by atoms with van der Waals surface area (Å²) in [5, 5.41) is 4.58. The van der Waals surface area contributed by atoms with Crippen LogP contribution in [0.25, 0.3) is 11.0 Å². The second-order valence-electron chi connectivity index (χ2n) is 5.73. The van der Waals surface area contributed by atoms with E-state index in [9.17, 15) is 0 Å². The number of nitrogens with zero attached hydrogens (tertiary/aromatic N) is 2. The average molecular weight is 303 g/mol. The summed E-state index contributed by atoms with van der Waals surface area (Å²) in [4.78, 5) is 4.80. The van der Waals surface area contributed by atoms with Crippen LogP contribution in [0.2, 0.25) is 0 Å². The van der Waals surface area contributed by atoms with Crippen molar-refractivity contribution >= 4 is 22.8 Å². The summed E-state index contributed by atoms with van der Waals surface area (Å²) in [5.74, 6) is 2.41. The minimum atomic E-state index is 0.666. The molecule has 1 saturated carbocycles. The molecule has 1 aromatic carbocycles. The maximum Gasteiger partial charge on any atom is 0.123 e. The van der Waals surface area contributed by atoms with Crippen LogP contribution in [-0.2, 0) is 13.1 Å². The van der Waals surface area contributed by atoms with Crippen molar-refractivity contribution in [1.29, 1.82) is 0 Å². The van der Waals surface area contributed by atoms with Crippen molar-refractivity contribution < 1.29 is 0 Å². The fraction of sp³-hybridized carbons (Fsp3) is 0.588. The van der Waals surface area contributed by atoms with Crippen LogP contribution >= 0.6 is 11.8 Å². The molecule has 1 aliphatic carbocycles. The minimum absolute atomic E-state index is 0.666. The number of para-hydroxylation sites is 2. The van der Waals surface area contributed by atoms with Gasteiger partial charge in [0.1, 0.15) is 5.82 Å². The number of aryl methyl sites for hydroxylation is 1. The van der Waals surface area contributed by atoms with E-state index in [0.717, 1.165) is 23.9 Å². The van der Waals surface area contributed by atoms with E-state index in [1.807, 2.05) is 0 Å². The third-order valence-electron chi connectivity index (χ3n) is 4.39. The SMILES string of the molecule is CCSC1CCC(NCc2nc3ccccc3n2CC)C1. The van der Waals surface area contributed by atoms with Gasteiger partial charge in [-0.2, -0.15) is 11.8 Å². The van der Waals surface area contributed by atoms with Crippen molar-refractivity contribution in [3.05, 3.63) is 30.1 Å². The average Bonchev–Trinajstić information content (AvgIpc) is 3.09. The van der Waals surface area contributed by atoms with Crippen molar-refractivity contribution in [1.82, 2.24) is 14.9 Å². The summed E-state index contributed by atoms with van der Waals surface area (Å²) in [7, 11) is 0. The summed E-state index contributed by atoms with van der Waals surface area (Å²) < 4.78 is 2.33. The predicted molar refractivity (Wildman–Crippen MR) is 91.8 cm³/mol. The first-order chi connectivity index (χ1) is 10.3. The zero-order valence-corrected chi connectivity index (χ0v) is 13.8. The molecule has 2 atom stereocenters. The quantitative estimate of drug-likeness (QED) is 0.880. The fourth-order valence-corrected chi connectivity index (χ4v) is 4.50. The van der Waals surface area contributed by atoms with Crippen molar-refractivity contribution in [2.75, 3.05) is 5.75 Å². The highest BCUT2D eigenvalue weighted by Gasteiger charge is 2.24. The molecular weight excluding hydrogens is 278 g/mol. The number of aromatic nitrogens is 2. The molecule has 1 N–H and O–H groups in total. The third kappa shape index (κ3) is 3.27. The molecular formula is C17H25N3S. The number of thioether (sulfide) groups is 1. The van der Waals surface area contributed by atoms with E-state index in [0.29, 0.717) is 6.04 Å². The molecule has 114 valence electrons. The Morgan fingerprint density at radius 1 is 1.29 bits per heavy atom. The monoisotopic (exact) mass is 303 g/mol. The van der Waals surface area contributed by atoms with Gasteiger partial charge in [0.2, 0.25) is 0 Å². The lowest BCUT2D eigenvalue weighted by atomic mass is 10.2. The highest BCUT2D eigenvalue weighted by molar-refractivity contribution is 7.99. The summed E-state index contributed by atoms with van der Waals surface area (Å²) in [6.07, 6.45) is 3.98. The van der Waals surface area contributed by atoms with Gasteiger partial charge in [-0.25, -0.2) is 4.98 Å². The van der Waals surface area contributed by atoms with Gasteiger partial charge in [0.05, 0.1) is 17.6 Å². The molecule has 0 amide bonds. The van der Waals surface area contributed by atoms with Gasteiger partial charge in [0.25, 0.3) is 0 Å². The highest BCUT2D eigenvalue weighted by Crippen LogP contribution is 2.29. The molecule has 0 saturated heterocycles. The Morgan fingerprint density at radius 2 is 2.14 bits per heavy atom. The van der Waals surface area contributed by atoms with Crippen molar-refractivity contribution in [3.63, 3.8) is 0 Å². The smallest absolute Gasteiger partial charge is 0.123 e. The molecule has 2 unspecified atom stereocenters. The van der Waals surface area contributed by atoms with E-state index in [-0.39, 0.29) is 0 Å². The van der Waals surface area contributed by atoms with Crippen LogP contribution in [0, 0.1) is 0 Å².